The third-order valence-corrected chi connectivity index (χ3v) is 4.94. The summed E-state index contributed by atoms with van der Waals surface area (Å²) in [6, 6.07) is 7.58. The average molecular weight is 381 g/mol. The Balaban J connectivity index is 2.04. The number of sulfonamides is 1. The van der Waals surface area contributed by atoms with Crippen LogP contribution < -0.4 is 19.8 Å². The maximum Gasteiger partial charge on any atom is 0.266 e. The van der Waals surface area contributed by atoms with E-state index < -0.39 is 10.0 Å². The van der Waals surface area contributed by atoms with Gasteiger partial charge in [0.2, 0.25) is 10.0 Å². The smallest absolute Gasteiger partial charge is 0.266 e. The standard InChI is InChI=1S/C17H23N3O5S/c1-3-24-14-8-9-16(15(13-14)25-4-2)26(22,23)19-11-6-12-20-17(21)7-5-10-18-20/h5,7-10,13,19H,3-4,6,11-12H2,1-2H3. The fraction of sp³-hybridized carbons (Fsp3) is 0.412. The molecule has 1 heterocycles. The molecule has 9 heteroatoms. The fourth-order valence-corrected chi connectivity index (χ4v) is 3.50. The second-order valence-electron chi connectivity index (χ2n) is 5.31. The molecule has 0 unspecified atom stereocenters. The van der Waals surface area contributed by atoms with Gasteiger partial charge in [-0.3, -0.25) is 4.79 Å². The Hall–Kier alpha value is -2.39. The van der Waals surface area contributed by atoms with Crippen LogP contribution in [0.4, 0.5) is 0 Å². The summed E-state index contributed by atoms with van der Waals surface area (Å²) in [5.74, 6) is 0.788. The first-order valence-corrected chi connectivity index (χ1v) is 9.87. The van der Waals surface area contributed by atoms with Crippen molar-refractivity contribution in [3.8, 4) is 11.5 Å². The van der Waals surface area contributed by atoms with Gasteiger partial charge in [0, 0.05) is 31.4 Å². The molecule has 0 aliphatic heterocycles. The second-order valence-corrected chi connectivity index (χ2v) is 7.05. The quantitative estimate of drug-likeness (QED) is 0.625. The summed E-state index contributed by atoms with van der Waals surface area (Å²) in [4.78, 5) is 11.6. The molecule has 8 nitrogen and oxygen atoms in total. The summed E-state index contributed by atoms with van der Waals surface area (Å²) in [7, 11) is -3.75. The number of aryl methyl sites for hydroxylation is 1. The number of aromatic nitrogens is 2. The number of hydrogen-bond donors (Lipinski definition) is 1. The Morgan fingerprint density at radius 3 is 2.62 bits per heavy atom. The van der Waals surface area contributed by atoms with Gasteiger partial charge in [-0.05, 0) is 38.5 Å². The summed E-state index contributed by atoms with van der Waals surface area (Å²) in [6.45, 7) is 4.93. The van der Waals surface area contributed by atoms with E-state index in [1.807, 2.05) is 6.92 Å². The lowest BCUT2D eigenvalue weighted by Gasteiger charge is -2.13. The summed E-state index contributed by atoms with van der Waals surface area (Å²) >= 11 is 0. The van der Waals surface area contributed by atoms with Crippen LogP contribution in [0.5, 0.6) is 11.5 Å². The van der Waals surface area contributed by atoms with Gasteiger partial charge in [-0.2, -0.15) is 5.10 Å². The molecule has 0 saturated carbocycles. The van der Waals surface area contributed by atoms with Gasteiger partial charge in [0.05, 0.1) is 13.2 Å². The van der Waals surface area contributed by atoms with Crippen LogP contribution in [0, 0.1) is 0 Å². The van der Waals surface area contributed by atoms with E-state index in [9.17, 15) is 13.2 Å². The molecule has 0 aliphatic rings. The molecule has 0 atom stereocenters. The largest absolute Gasteiger partial charge is 0.494 e. The monoisotopic (exact) mass is 381 g/mol. The maximum atomic E-state index is 12.6. The first-order chi connectivity index (χ1) is 12.5. The zero-order valence-corrected chi connectivity index (χ0v) is 15.7. The van der Waals surface area contributed by atoms with E-state index in [2.05, 4.69) is 9.82 Å². The summed E-state index contributed by atoms with van der Waals surface area (Å²) in [6.07, 6.45) is 1.94. The molecule has 2 aromatic rings. The van der Waals surface area contributed by atoms with Crippen molar-refractivity contribution in [3.05, 3.63) is 46.9 Å². The minimum atomic E-state index is -3.75. The van der Waals surface area contributed by atoms with Gasteiger partial charge in [-0.1, -0.05) is 0 Å². The van der Waals surface area contributed by atoms with Gasteiger partial charge in [0.1, 0.15) is 16.4 Å². The van der Waals surface area contributed by atoms with Crippen LogP contribution in [0.15, 0.2) is 46.2 Å². The molecule has 1 N–H and O–H groups in total. The highest BCUT2D eigenvalue weighted by Gasteiger charge is 2.20. The third kappa shape index (κ3) is 5.30. The molecule has 0 saturated heterocycles. The van der Waals surface area contributed by atoms with Crippen LogP contribution in [0.2, 0.25) is 0 Å². The van der Waals surface area contributed by atoms with Crippen LogP contribution >= 0.6 is 0 Å². The summed E-state index contributed by atoms with van der Waals surface area (Å²) in [5.41, 5.74) is -0.222. The average Bonchev–Trinajstić information content (AvgIpc) is 2.61. The normalized spacial score (nSPS) is 11.3. The zero-order chi connectivity index (χ0) is 19.0. The highest BCUT2D eigenvalue weighted by molar-refractivity contribution is 7.89. The molecule has 0 amide bonds. The van der Waals surface area contributed by atoms with Crippen LogP contribution in [-0.2, 0) is 16.6 Å². The molecule has 1 aromatic heterocycles. The predicted molar refractivity (Wildman–Crippen MR) is 97.1 cm³/mol. The van der Waals surface area contributed by atoms with Crippen LogP contribution in [0.3, 0.4) is 0 Å². The molecule has 142 valence electrons. The summed E-state index contributed by atoms with van der Waals surface area (Å²) < 4.78 is 39.8. The Morgan fingerprint density at radius 2 is 1.92 bits per heavy atom. The van der Waals surface area contributed by atoms with E-state index in [4.69, 9.17) is 9.47 Å². The Morgan fingerprint density at radius 1 is 1.15 bits per heavy atom. The minimum absolute atomic E-state index is 0.0535. The van der Waals surface area contributed by atoms with Crippen molar-refractivity contribution < 1.29 is 17.9 Å². The van der Waals surface area contributed by atoms with Crippen LogP contribution in [-0.4, -0.2) is 38.0 Å². The Bertz CT molecular complexity index is 880. The third-order valence-electron chi connectivity index (χ3n) is 3.44. The maximum absolute atomic E-state index is 12.6. The summed E-state index contributed by atoms with van der Waals surface area (Å²) in [5, 5.41) is 3.93. The topological polar surface area (TPSA) is 99.5 Å². The second kappa shape index (κ2) is 9.35. The molecular weight excluding hydrogens is 358 g/mol. The van der Waals surface area contributed by atoms with Crippen molar-refractivity contribution in [2.75, 3.05) is 19.8 Å². The van der Waals surface area contributed by atoms with Gasteiger partial charge in [0.25, 0.3) is 5.56 Å². The molecule has 0 fully saturated rings. The first kappa shape index (κ1) is 19.9. The van der Waals surface area contributed by atoms with Crippen molar-refractivity contribution in [1.29, 1.82) is 0 Å². The lowest BCUT2D eigenvalue weighted by molar-refractivity contribution is 0.317. The number of hydrogen-bond acceptors (Lipinski definition) is 6. The Labute approximate surface area is 152 Å². The number of rotatable bonds is 10. The molecule has 1 aromatic carbocycles. The van der Waals surface area contributed by atoms with Crippen LogP contribution in [0.25, 0.3) is 0 Å². The number of nitrogens with one attached hydrogen (secondary N) is 1. The molecule has 0 bridgehead atoms. The van der Waals surface area contributed by atoms with Crippen molar-refractivity contribution >= 4 is 10.0 Å². The van der Waals surface area contributed by atoms with E-state index in [1.165, 1.54) is 23.0 Å². The van der Waals surface area contributed by atoms with Gasteiger partial charge in [0.15, 0.2) is 0 Å². The number of ether oxygens (including phenoxy) is 2. The highest BCUT2D eigenvalue weighted by Crippen LogP contribution is 2.28. The van der Waals surface area contributed by atoms with E-state index >= 15 is 0 Å². The van der Waals surface area contributed by atoms with Gasteiger partial charge in [-0.15, -0.1) is 0 Å². The van der Waals surface area contributed by atoms with E-state index in [-0.39, 0.29) is 22.7 Å². The van der Waals surface area contributed by atoms with E-state index in [1.54, 1.807) is 25.1 Å². The van der Waals surface area contributed by atoms with Crippen molar-refractivity contribution in [2.24, 2.45) is 0 Å². The highest BCUT2D eigenvalue weighted by atomic mass is 32.2. The number of benzene rings is 1. The molecule has 0 spiro atoms. The molecule has 0 radical (unpaired) electrons. The Kier molecular flexibility index (Phi) is 7.16. The predicted octanol–water partition coefficient (Wildman–Crippen LogP) is 1.41. The van der Waals surface area contributed by atoms with Gasteiger partial charge in [-0.25, -0.2) is 17.8 Å². The molecule has 0 aliphatic carbocycles. The fourth-order valence-electron chi connectivity index (χ4n) is 2.30. The van der Waals surface area contributed by atoms with Crippen molar-refractivity contribution in [3.63, 3.8) is 0 Å². The molecule has 2 rings (SSSR count). The lowest BCUT2D eigenvalue weighted by atomic mass is 10.3. The molecule has 26 heavy (non-hydrogen) atoms. The van der Waals surface area contributed by atoms with E-state index in [0.717, 1.165) is 0 Å². The zero-order valence-electron chi connectivity index (χ0n) is 14.8. The lowest BCUT2D eigenvalue weighted by Crippen LogP contribution is -2.28. The van der Waals surface area contributed by atoms with Crippen LogP contribution in [0.1, 0.15) is 20.3 Å². The molecular formula is C17H23N3O5S. The van der Waals surface area contributed by atoms with Crippen molar-refractivity contribution in [1.82, 2.24) is 14.5 Å². The number of nitrogens with zero attached hydrogens (tertiary/aromatic N) is 2. The minimum Gasteiger partial charge on any atom is -0.494 e. The first-order valence-electron chi connectivity index (χ1n) is 8.39. The van der Waals surface area contributed by atoms with E-state index in [0.29, 0.717) is 31.9 Å². The van der Waals surface area contributed by atoms with Gasteiger partial charge >= 0.3 is 0 Å². The van der Waals surface area contributed by atoms with Gasteiger partial charge < -0.3 is 9.47 Å². The SMILES string of the molecule is CCOc1ccc(S(=O)(=O)NCCCn2ncccc2=O)c(OCC)c1. The van der Waals surface area contributed by atoms with Crippen molar-refractivity contribution in [2.45, 2.75) is 31.7 Å².